The molecule has 0 saturated heterocycles. The van der Waals surface area contributed by atoms with Crippen LogP contribution in [0.25, 0.3) is 0 Å². The van der Waals surface area contributed by atoms with E-state index >= 15 is 0 Å². The largest absolute Gasteiger partial charge is 0.382 e. The molecule has 0 aromatic heterocycles. The fraction of sp³-hybridized carbons (Fsp3) is 0.500. The predicted molar refractivity (Wildman–Crippen MR) is 67.0 cm³/mol. The highest BCUT2D eigenvalue weighted by molar-refractivity contribution is 7.86. The summed E-state index contributed by atoms with van der Waals surface area (Å²) in [4.78, 5) is 0.139. The van der Waals surface area contributed by atoms with Crippen molar-refractivity contribution in [1.82, 2.24) is 0 Å². The topological polar surface area (TPSA) is 61.8 Å². The number of benzene rings is 1. The monoisotopic (exact) mass is 274 g/mol. The van der Waals surface area contributed by atoms with Crippen molar-refractivity contribution in [2.24, 2.45) is 0 Å². The van der Waals surface area contributed by atoms with E-state index in [2.05, 4.69) is 0 Å². The number of aryl methyl sites for hydroxylation is 1. The van der Waals surface area contributed by atoms with Crippen LogP contribution in [0, 0.1) is 6.92 Å². The van der Waals surface area contributed by atoms with E-state index in [0.717, 1.165) is 5.56 Å². The first-order valence-corrected chi connectivity index (χ1v) is 6.88. The Morgan fingerprint density at radius 1 is 1.11 bits per heavy atom. The zero-order valence-electron chi connectivity index (χ0n) is 10.8. The highest BCUT2D eigenvalue weighted by atomic mass is 32.2. The average molecular weight is 274 g/mol. The molecule has 0 N–H and O–H groups in total. The second-order valence-corrected chi connectivity index (χ2v) is 5.48. The van der Waals surface area contributed by atoms with Crippen molar-refractivity contribution in [3.05, 3.63) is 29.8 Å². The minimum Gasteiger partial charge on any atom is -0.382 e. The molecule has 18 heavy (non-hydrogen) atoms. The van der Waals surface area contributed by atoms with Gasteiger partial charge in [0.25, 0.3) is 10.1 Å². The molecule has 5 nitrogen and oxygen atoms in total. The molecule has 1 rings (SSSR count). The third-order valence-electron chi connectivity index (χ3n) is 2.40. The van der Waals surface area contributed by atoms with Crippen LogP contribution in [0.2, 0.25) is 0 Å². The van der Waals surface area contributed by atoms with Gasteiger partial charge in [-0.15, -0.1) is 0 Å². The number of ether oxygens (including phenoxy) is 2. The van der Waals surface area contributed by atoms with E-state index in [1.54, 1.807) is 12.1 Å². The van der Waals surface area contributed by atoms with Gasteiger partial charge >= 0.3 is 0 Å². The maximum atomic E-state index is 11.8. The van der Waals surface area contributed by atoms with E-state index in [1.807, 2.05) is 6.92 Å². The van der Waals surface area contributed by atoms with Crippen molar-refractivity contribution in [2.45, 2.75) is 17.9 Å². The lowest BCUT2D eigenvalue weighted by Crippen LogP contribution is -2.25. The molecule has 0 aliphatic rings. The van der Waals surface area contributed by atoms with Gasteiger partial charge in [0.1, 0.15) is 6.10 Å². The maximum Gasteiger partial charge on any atom is 0.297 e. The summed E-state index contributed by atoms with van der Waals surface area (Å²) >= 11 is 0. The van der Waals surface area contributed by atoms with Crippen LogP contribution in [0.4, 0.5) is 0 Å². The molecule has 0 radical (unpaired) electrons. The lowest BCUT2D eigenvalue weighted by molar-refractivity contribution is 0.00226. The van der Waals surface area contributed by atoms with E-state index in [4.69, 9.17) is 13.7 Å². The van der Waals surface area contributed by atoms with Gasteiger partial charge in [-0.2, -0.15) is 8.42 Å². The van der Waals surface area contributed by atoms with Gasteiger partial charge in [0, 0.05) is 14.2 Å². The number of rotatable bonds is 7. The Morgan fingerprint density at radius 2 is 1.72 bits per heavy atom. The molecule has 1 aromatic carbocycles. The lowest BCUT2D eigenvalue weighted by atomic mass is 10.2. The number of hydrogen-bond donors (Lipinski definition) is 0. The summed E-state index contributed by atoms with van der Waals surface area (Å²) in [6.07, 6.45) is -0.407. The van der Waals surface area contributed by atoms with Crippen molar-refractivity contribution in [1.29, 1.82) is 0 Å². The van der Waals surface area contributed by atoms with Crippen LogP contribution in [0.1, 0.15) is 5.56 Å². The Hall–Kier alpha value is -0.950. The third-order valence-corrected chi connectivity index (χ3v) is 3.70. The summed E-state index contributed by atoms with van der Waals surface area (Å²) in [6, 6.07) is 6.48. The minimum absolute atomic E-state index is 0.0689. The van der Waals surface area contributed by atoms with Gasteiger partial charge < -0.3 is 9.47 Å². The molecule has 1 unspecified atom stereocenters. The van der Waals surface area contributed by atoms with Crippen LogP contribution in [0.3, 0.4) is 0 Å². The molecule has 6 heteroatoms. The first-order chi connectivity index (χ1) is 8.49. The molecule has 0 bridgehead atoms. The second-order valence-electron chi connectivity index (χ2n) is 3.86. The predicted octanol–water partition coefficient (Wildman–Crippen LogP) is 1.36. The SMILES string of the molecule is COCC(COS(=O)(=O)c1ccc(C)cc1)OC. The number of methoxy groups -OCH3 is 2. The van der Waals surface area contributed by atoms with E-state index in [-0.39, 0.29) is 18.1 Å². The van der Waals surface area contributed by atoms with Crippen LogP contribution in [0.5, 0.6) is 0 Å². The van der Waals surface area contributed by atoms with Crippen LogP contribution in [0.15, 0.2) is 29.2 Å². The summed E-state index contributed by atoms with van der Waals surface area (Å²) in [6.45, 7) is 2.09. The molecular weight excluding hydrogens is 256 g/mol. The molecule has 0 spiro atoms. The van der Waals surface area contributed by atoms with Crippen LogP contribution < -0.4 is 0 Å². The fourth-order valence-corrected chi connectivity index (χ4v) is 2.24. The zero-order valence-corrected chi connectivity index (χ0v) is 11.6. The van der Waals surface area contributed by atoms with Crippen molar-refractivity contribution in [3.63, 3.8) is 0 Å². The van der Waals surface area contributed by atoms with Crippen LogP contribution in [-0.2, 0) is 23.8 Å². The van der Waals surface area contributed by atoms with Gasteiger partial charge in [-0.25, -0.2) is 0 Å². The lowest BCUT2D eigenvalue weighted by Gasteiger charge is -2.14. The highest BCUT2D eigenvalue weighted by Gasteiger charge is 2.18. The first kappa shape index (κ1) is 15.1. The standard InChI is InChI=1S/C12H18O5S/c1-10-4-6-12(7-5-10)18(13,14)17-9-11(16-3)8-15-2/h4-7,11H,8-9H2,1-3H3. The summed E-state index contributed by atoms with van der Waals surface area (Å²) < 4.78 is 38.5. The molecular formula is C12H18O5S. The van der Waals surface area contributed by atoms with Gasteiger partial charge in [0.05, 0.1) is 18.1 Å². The molecule has 0 saturated carbocycles. The van der Waals surface area contributed by atoms with Gasteiger partial charge in [-0.05, 0) is 19.1 Å². The normalized spacial score (nSPS) is 13.5. The Morgan fingerprint density at radius 3 is 2.22 bits per heavy atom. The average Bonchev–Trinajstić information content (AvgIpc) is 2.35. The van der Waals surface area contributed by atoms with E-state index < -0.39 is 16.2 Å². The summed E-state index contributed by atoms with van der Waals surface area (Å²) in [5, 5.41) is 0. The molecule has 0 amide bonds. The zero-order chi connectivity index (χ0) is 13.6. The summed E-state index contributed by atoms with van der Waals surface area (Å²) in [7, 11) is -0.744. The Labute approximate surface area is 108 Å². The van der Waals surface area contributed by atoms with Gasteiger partial charge in [-0.1, -0.05) is 17.7 Å². The summed E-state index contributed by atoms with van der Waals surface area (Å²) in [5.41, 5.74) is 0.989. The Kier molecular flexibility index (Phi) is 5.74. The highest BCUT2D eigenvalue weighted by Crippen LogP contribution is 2.13. The minimum atomic E-state index is -3.74. The van der Waals surface area contributed by atoms with Crippen LogP contribution >= 0.6 is 0 Å². The number of hydrogen-bond acceptors (Lipinski definition) is 5. The molecule has 102 valence electrons. The Balaban J connectivity index is 2.67. The van der Waals surface area contributed by atoms with E-state index in [9.17, 15) is 8.42 Å². The van der Waals surface area contributed by atoms with Crippen molar-refractivity contribution >= 4 is 10.1 Å². The molecule has 0 heterocycles. The Bertz CT molecular complexity index is 452. The summed E-state index contributed by atoms with van der Waals surface area (Å²) in [5.74, 6) is 0. The molecule has 1 aromatic rings. The third kappa shape index (κ3) is 4.38. The van der Waals surface area contributed by atoms with E-state index in [0.29, 0.717) is 0 Å². The van der Waals surface area contributed by atoms with Crippen molar-refractivity contribution in [2.75, 3.05) is 27.4 Å². The quantitative estimate of drug-likeness (QED) is 0.703. The molecule has 1 atom stereocenters. The van der Waals surface area contributed by atoms with Crippen molar-refractivity contribution < 1.29 is 22.1 Å². The fourth-order valence-electron chi connectivity index (χ4n) is 1.31. The maximum absolute atomic E-state index is 11.8. The molecule has 0 aliphatic carbocycles. The van der Waals surface area contributed by atoms with E-state index in [1.165, 1.54) is 26.4 Å². The smallest absolute Gasteiger partial charge is 0.297 e. The van der Waals surface area contributed by atoms with Gasteiger partial charge in [0.15, 0.2) is 0 Å². The van der Waals surface area contributed by atoms with Gasteiger partial charge in [0.2, 0.25) is 0 Å². The van der Waals surface area contributed by atoms with Crippen molar-refractivity contribution in [3.8, 4) is 0 Å². The van der Waals surface area contributed by atoms with Gasteiger partial charge in [-0.3, -0.25) is 4.18 Å². The van der Waals surface area contributed by atoms with Crippen LogP contribution in [-0.4, -0.2) is 42.0 Å². The second kappa shape index (κ2) is 6.84. The first-order valence-electron chi connectivity index (χ1n) is 5.47. The molecule has 0 fully saturated rings. The molecule has 0 aliphatic heterocycles.